The highest BCUT2D eigenvalue weighted by molar-refractivity contribution is 6.35. The molecule has 0 amide bonds. The molecule has 106 valence electrons. The van der Waals surface area contributed by atoms with Gasteiger partial charge < -0.3 is 5.11 Å². The average molecular weight is 315 g/mol. The van der Waals surface area contributed by atoms with Gasteiger partial charge in [0.15, 0.2) is 5.82 Å². The van der Waals surface area contributed by atoms with Crippen LogP contribution < -0.4 is 0 Å². The summed E-state index contributed by atoms with van der Waals surface area (Å²) < 4.78 is 1.54. The lowest BCUT2D eigenvalue weighted by molar-refractivity contribution is -0.141. The maximum absolute atomic E-state index is 10.8. The molecule has 2 rings (SSSR count). The first-order chi connectivity index (χ1) is 9.47. The van der Waals surface area contributed by atoms with Gasteiger partial charge >= 0.3 is 5.97 Å². The minimum atomic E-state index is -0.842. The van der Waals surface area contributed by atoms with Gasteiger partial charge in [0.25, 0.3) is 0 Å². The van der Waals surface area contributed by atoms with E-state index in [9.17, 15) is 4.79 Å². The Balaban J connectivity index is 2.22. The zero-order chi connectivity index (χ0) is 14.7. The predicted molar refractivity (Wildman–Crippen MR) is 74.7 cm³/mol. The summed E-state index contributed by atoms with van der Waals surface area (Å²) in [6, 6.07) is 5.03. The number of hydrogen-bond donors (Lipinski definition) is 1. The molecule has 0 fully saturated rings. The van der Waals surface area contributed by atoms with Crippen molar-refractivity contribution < 1.29 is 9.90 Å². The maximum atomic E-state index is 10.8. The fourth-order valence-corrected chi connectivity index (χ4v) is 2.21. The minimum absolute atomic E-state index is 0.403. The first-order valence-corrected chi connectivity index (χ1v) is 6.68. The van der Waals surface area contributed by atoms with Crippen molar-refractivity contribution in [3.63, 3.8) is 0 Å². The molecule has 0 saturated carbocycles. The monoisotopic (exact) mass is 314 g/mol. The van der Waals surface area contributed by atoms with Gasteiger partial charge in [0.05, 0.1) is 5.92 Å². The summed E-state index contributed by atoms with van der Waals surface area (Å²) in [4.78, 5) is 10.8. The van der Waals surface area contributed by atoms with E-state index < -0.39 is 11.9 Å². The number of benzene rings is 1. The lowest BCUT2D eigenvalue weighted by Crippen LogP contribution is -2.14. The van der Waals surface area contributed by atoms with Crippen molar-refractivity contribution in [3.05, 3.63) is 28.2 Å². The maximum Gasteiger partial charge on any atom is 0.306 e. The van der Waals surface area contributed by atoms with Crippen LogP contribution in [0.3, 0.4) is 0 Å². The third kappa shape index (κ3) is 3.46. The van der Waals surface area contributed by atoms with Gasteiger partial charge in [0.2, 0.25) is 0 Å². The van der Waals surface area contributed by atoms with Crippen LogP contribution in [-0.2, 0) is 11.3 Å². The number of rotatable bonds is 5. The Bertz CT molecular complexity index is 609. The summed E-state index contributed by atoms with van der Waals surface area (Å²) in [6.07, 6.45) is 0.432. The van der Waals surface area contributed by atoms with E-state index in [0.29, 0.717) is 34.4 Å². The van der Waals surface area contributed by atoms with Crippen molar-refractivity contribution in [2.75, 3.05) is 0 Å². The fraction of sp³-hybridized carbons (Fsp3) is 0.333. The number of carboxylic acids is 1. The standard InChI is InChI=1S/C12H12Cl2N4O2/c1-7(12(19)20)2-3-18-11(15-16-17-18)8-4-9(13)6-10(14)5-8/h4-7H,2-3H2,1H3,(H,19,20). The fourth-order valence-electron chi connectivity index (χ4n) is 1.68. The lowest BCUT2D eigenvalue weighted by atomic mass is 10.1. The number of aryl methyl sites for hydroxylation is 1. The third-order valence-corrected chi connectivity index (χ3v) is 3.28. The second-order valence-corrected chi connectivity index (χ2v) is 5.28. The molecule has 1 N–H and O–H groups in total. The molecule has 20 heavy (non-hydrogen) atoms. The number of halogens is 2. The molecule has 0 radical (unpaired) electrons. The van der Waals surface area contributed by atoms with E-state index in [1.54, 1.807) is 29.8 Å². The molecule has 0 saturated heterocycles. The van der Waals surface area contributed by atoms with Crippen LogP contribution in [0.5, 0.6) is 0 Å². The predicted octanol–water partition coefficient (Wildman–Crippen LogP) is 2.76. The Morgan fingerprint density at radius 1 is 1.35 bits per heavy atom. The van der Waals surface area contributed by atoms with E-state index >= 15 is 0 Å². The SMILES string of the molecule is CC(CCn1nnnc1-c1cc(Cl)cc(Cl)c1)C(=O)O. The van der Waals surface area contributed by atoms with Gasteiger partial charge in [-0.2, -0.15) is 0 Å². The second-order valence-electron chi connectivity index (χ2n) is 4.41. The van der Waals surface area contributed by atoms with Crippen molar-refractivity contribution in [3.8, 4) is 11.4 Å². The Labute approximate surface area is 125 Å². The number of nitrogens with zero attached hydrogens (tertiary/aromatic N) is 4. The zero-order valence-corrected chi connectivity index (χ0v) is 12.1. The molecule has 6 nitrogen and oxygen atoms in total. The molecule has 1 aromatic carbocycles. The smallest absolute Gasteiger partial charge is 0.306 e. The second kappa shape index (κ2) is 6.19. The Kier molecular flexibility index (Phi) is 4.57. The molecule has 1 heterocycles. The molecule has 0 aliphatic rings. The largest absolute Gasteiger partial charge is 0.481 e. The molecule has 0 spiro atoms. The number of carboxylic acid groups (broad SMARTS) is 1. The van der Waals surface area contributed by atoms with Crippen molar-refractivity contribution in [2.24, 2.45) is 5.92 Å². The number of tetrazole rings is 1. The van der Waals surface area contributed by atoms with E-state index in [2.05, 4.69) is 15.5 Å². The topological polar surface area (TPSA) is 80.9 Å². The highest BCUT2D eigenvalue weighted by atomic mass is 35.5. The van der Waals surface area contributed by atoms with Gasteiger partial charge in [0.1, 0.15) is 0 Å². The van der Waals surface area contributed by atoms with E-state index in [1.165, 1.54) is 0 Å². The van der Waals surface area contributed by atoms with Crippen molar-refractivity contribution in [1.82, 2.24) is 20.2 Å². The minimum Gasteiger partial charge on any atom is -0.481 e. The third-order valence-electron chi connectivity index (χ3n) is 2.85. The van der Waals surface area contributed by atoms with E-state index in [4.69, 9.17) is 28.3 Å². The molecule has 2 aromatic rings. The lowest BCUT2D eigenvalue weighted by Gasteiger charge is -2.08. The van der Waals surface area contributed by atoms with Gasteiger partial charge in [-0.05, 0) is 35.0 Å². The number of aromatic nitrogens is 4. The van der Waals surface area contributed by atoms with Crippen molar-refractivity contribution >= 4 is 29.2 Å². The molecule has 0 aliphatic carbocycles. The first-order valence-electron chi connectivity index (χ1n) is 5.93. The van der Waals surface area contributed by atoms with E-state index in [1.807, 2.05) is 0 Å². The van der Waals surface area contributed by atoms with Gasteiger partial charge in [-0.15, -0.1) is 5.10 Å². The molecule has 1 unspecified atom stereocenters. The highest BCUT2D eigenvalue weighted by Gasteiger charge is 2.14. The quantitative estimate of drug-likeness (QED) is 0.917. The Morgan fingerprint density at radius 3 is 2.60 bits per heavy atom. The van der Waals surface area contributed by atoms with Crippen LogP contribution in [0.4, 0.5) is 0 Å². The average Bonchev–Trinajstić information content (AvgIpc) is 2.82. The normalized spacial score (nSPS) is 12.3. The van der Waals surface area contributed by atoms with Crippen LogP contribution in [0.15, 0.2) is 18.2 Å². The summed E-state index contributed by atoms with van der Waals surface area (Å²) in [5, 5.41) is 21.2. The van der Waals surface area contributed by atoms with Crippen molar-refractivity contribution in [1.29, 1.82) is 0 Å². The summed E-state index contributed by atoms with van der Waals surface area (Å²) >= 11 is 11.9. The summed E-state index contributed by atoms with van der Waals surface area (Å²) in [7, 11) is 0. The number of hydrogen-bond acceptors (Lipinski definition) is 4. The van der Waals surface area contributed by atoms with Crippen LogP contribution in [0.25, 0.3) is 11.4 Å². The Morgan fingerprint density at radius 2 is 2.00 bits per heavy atom. The molecule has 0 bridgehead atoms. The summed E-state index contributed by atoms with van der Waals surface area (Å²) in [5.41, 5.74) is 0.690. The molecular formula is C12H12Cl2N4O2. The van der Waals surface area contributed by atoms with Crippen molar-refractivity contribution in [2.45, 2.75) is 19.9 Å². The van der Waals surface area contributed by atoms with Crippen LogP contribution >= 0.6 is 23.2 Å². The Hall–Kier alpha value is -1.66. The van der Waals surface area contributed by atoms with Crippen LogP contribution in [0.2, 0.25) is 10.0 Å². The number of aliphatic carboxylic acids is 1. The molecule has 0 aliphatic heterocycles. The summed E-state index contributed by atoms with van der Waals surface area (Å²) in [6.45, 7) is 2.04. The van der Waals surface area contributed by atoms with E-state index in [-0.39, 0.29) is 0 Å². The first kappa shape index (κ1) is 14.7. The van der Waals surface area contributed by atoms with Gasteiger partial charge in [-0.3, -0.25) is 4.79 Å². The number of carbonyl (C=O) groups is 1. The molecular weight excluding hydrogens is 303 g/mol. The van der Waals surface area contributed by atoms with Crippen LogP contribution in [-0.4, -0.2) is 31.3 Å². The molecule has 1 aromatic heterocycles. The molecule has 8 heteroatoms. The van der Waals surface area contributed by atoms with Crippen LogP contribution in [0.1, 0.15) is 13.3 Å². The van der Waals surface area contributed by atoms with Gasteiger partial charge in [0, 0.05) is 22.2 Å². The van der Waals surface area contributed by atoms with E-state index in [0.717, 1.165) is 0 Å². The highest BCUT2D eigenvalue weighted by Crippen LogP contribution is 2.25. The van der Waals surface area contributed by atoms with Crippen LogP contribution in [0, 0.1) is 5.92 Å². The molecule has 1 atom stereocenters. The van der Waals surface area contributed by atoms with Gasteiger partial charge in [-0.25, -0.2) is 4.68 Å². The summed E-state index contributed by atoms with van der Waals surface area (Å²) in [5.74, 6) is -0.799. The zero-order valence-electron chi connectivity index (χ0n) is 10.6. The van der Waals surface area contributed by atoms with Gasteiger partial charge in [-0.1, -0.05) is 30.1 Å².